The van der Waals surface area contributed by atoms with E-state index >= 15 is 0 Å². The Morgan fingerprint density at radius 3 is 2.42 bits per heavy atom. The number of nitrogens with two attached hydrogens (primary N) is 1. The van der Waals surface area contributed by atoms with Crippen LogP contribution in [0.15, 0.2) is 12.4 Å². The van der Waals surface area contributed by atoms with Crippen LogP contribution in [-0.2, 0) is 13.5 Å². The van der Waals surface area contributed by atoms with Gasteiger partial charge in [-0.2, -0.15) is 5.10 Å². The zero-order valence-corrected chi connectivity index (χ0v) is 12.9. The molecule has 0 amide bonds. The van der Waals surface area contributed by atoms with Crippen molar-refractivity contribution in [1.29, 1.82) is 0 Å². The van der Waals surface area contributed by atoms with E-state index in [1.165, 1.54) is 31.2 Å². The average molecular weight is 263 g/mol. The maximum absolute atomic E-state index is 6.41. The van der Waals surface area contributed by atoms with Gasteiger partial charge < -0.3 is 5.73 Å². The van der Waals surface area contributed by atoms with Crippen molar-refractivity contribution in [3.8, 4) is 0 Å². The van der Waals surface area contributed by atoms with Crippen LogP contribution in [0, 0.1) is 17.3 Å². The lowest BCUT2D eigenvalue weighted by Crippen LogP contribution is -2.36. The van der Waals surface area contributed by atoms with Gasteiger partial charge in [0, 0.05) is 19.3 Å². The number of aromatic nitrogens is 2. The first kappa shape index (κ1) is 14.6. The van der Waals surface area contributed by atoms with Gasteiger partial charge in [-0.05, 0) is 54.9 Å². The summed E-state index contributed by atoms with van der Waals surface area (Å²) in [5.41, 5.74) is 8.14. The van der Waals surface area contributed by atoms with E-state index in [0.29, 0.717) is 17.4 Å². The highest BCUT2D eigenvalue weighted by atomic mass is 15.2. The van der Waals surface area contributed by atoms with Crippen LogP contribution in [0.4, 0.5) is 0 Å². The molecule has 1 saturated carbocycles. The third kappa shape index (κ3) is 3.82. The maximum Gasteiger partial charge on any atom is 0.0522 e. The van der Waals surface area contributed by atoms with E-state index < -0.39 is 0 Å². The molecule has 108 valence electrons. The number of aryl methyl sites for hydroxylation is 1. The Labute approximate surface area is 117 Å². The van der Waals surface area contributed by atoms with Crippen LogP contribution >= 0.6 is 0 Å². The van der Waals surface area contributed by atoms with Gasteiger partial charge in [0.15, 0.2) is 0 Å². The minimum absolute atomic E-state index is 0.296. The molecule has 0 saturated heterocycles. The summed E-state index contributed by atoms with van der Waals surface area (Å²) in [5, 5.41) is 4.22. The van der Waals surface area contributed by atoms with Gasteiger partial charge in [-0.25, -0.2) is 0 Å². The summed E-state index contributed by atoms with van der Waals surface area (Å²) in [6, 6.07) is 0.296. The van der Waals surface area contributed by atoms with Crippen molar-refractivity contribution in [2.45, 2.75) is 58.9 Å². The van der Waals surface area contributed by atoms with Crippen molar-refractivity contribution in [2.24, 2.45) is 30.0 Å². The second-order valence-corrected chi connectivity index (χ2v) is 7.37. The van der Waals surface area contributed by atoms with E-state index in [9.17, 15) is 0 Å². The quantitative estimate of drug-likeness (QED) is 0.910. The van der Waals surface area contributed by atoms with Gasteiger partial charge >= 0.3 is 0 Å². The molecule has 3 nitrogen and oxygen atoms in total. The maximum atomic E-state index is 6.41. The Hall–Kier alpha value is -0.830. The van der Waals surface area contributed by atoms with Crippen LogP contribution in [0.3, 0.4) is 0 Å². The average Bonchev–Trinajstić information content (AvgIpc) is 2.74. The molecule has 0 aliphatic heterocycles. The smallest absolute Gasteiger partial charge is 0.0522 e. The van der Waals surface area contributed by atoms with E-state index in [1.807, 2.05) is 17.9 Å². The van der Waals surface area contributed by atoms with Gasteiger partial charge in [0.05, 0.1) is 6.20 Å². The van der Waals surface area contributed by atoms with Gasteiger partial charge in [-0.1, -0.05) is 20.8 Å². The lowest BCUT2D eigenvalue weighted by atomic mass is 9.68. The molecule has 3 heteroatoms. The second-order valence-electron chi connectivity index (χ2n) is 7.37. The topological polar surface area (TPSA) is 43.8 Å². The molecule has 1 atom stereocenters. The van der Waals surface area contributed by atoms with Crippen LogP contribution in [0.25, 0.3) is 0 Å². The summed E-state index contributed by atoms with van der Waals surface area (Å²) in [5.74, 6) is 1.56. The molecular weight excluding hydrogens is 234 g/mol. The van der Waals surface area contributed by atoms with Gasteiger partial charge in [-0.15, -0.1) is 0 Å². The Balaban J connectivity index is 1.84. The van der Waals surface area contributed by atoms with Crippen LogP contribution in [-0.4, -0.2) is 15.8 Å². The molecule has 1 heterocycles. The molecule has 1 aromatic rings. The molecule has 0 spiro atoms. The Morgan fingerprint density at radius 2 is 1.95 bits per heavy atom. The van der Waals surface area contributed by atoms with Gasteiger partial charge in [0.1, 0.15) is 0 Å². The zero-order chi connectivity index (χ0) is 14.0. The molecule has 2 N–H and O–H groups in total. The summed E-state index contributed by atoms with van der Waals surface area (Å²) >= 11 is 0. The minimum Gasteiger partial charge on any atom is -0.327 e. The van der Waals surface area contributed by atoms with E-state index in [2.05, 4.69) is 32.1 Å². The van der Waals surface area contributed by atoms with E-state index in [-0.39, 0.29) is 0 Å². The summed E-state index contributed by atoms with van der Waals surface area (Å²) in [4.78, 5) is 0. The minimum atomic E-state index is 0.296. The van der Waals surface area contributed by atoms with E-state index in [4.69, 9.17) is 5.73 Å². The third-order valence-electron chi connectivity index (χ3n) is 4.83. The standard InChI is InChI=1S/C16H29N3/c1-16(2,3)14-7-5-13(6-8-14)15(17)9-12-10-18-19(4)11-12/h10-11,13-15H,5-9,17H2,1-4H3. The highest BCUT2D eigenvalue weighted by Gasteiger charge is 2.31. The fraction of sp³-hybridized carbons (Fsp3) is 0.812. The van der Waals surface area contributed by atoms with Crippen LogP contribution < -0.4 is 5.73 Å². The predicted molar refractivity (Wildman–Crippen MR) is 79.8 cm³/mol. The second kappa shape index (κ2) is 5.66. The summed E-state index contributed by atoms with van der Waals surface area (Å²) in [6.07, 6.45) is 10.3. The highest BCUT2D eigenvalue weighted by Crippen LogP contribution is 2.40. The number of rotatable bonds is 3. The number of hydrogen-bond acceptors (Lipinski definition) is 2. The van der Waals surface area contributed by atoms with Crippen LogP contribution in [0.1, 0.15) is 52.0 Å². The predicted octanol–water partition coefficient (Wildman–Crippen LogP) is 3.14. The molecule has 1 fully saturated rings. The Bertz CT molecular complexity index is 394. The van der Waals surface area contributed by atoms with Gasteiger partial charge in [0.2, 0.25) is 0 Å². The molecule has 0 aromatic carbocycles. The monoisotopic (exact) mass is 263 g/mol. The fourth-order valence-corrected chi connectivity index (χ4v) is 3.43. The largest absolute Gasteiger partial charge is 0.327 e. The molecule has 1 aromatic heterocycles. The van der Waals surface area contributed by atoms with Crippen molar-refractivity contribution in [3.63, 3.8) is 0 Å². The van der Waals surface area contributed by atoms with Crippen molar-refractivity contribution >= 4 is 0 Å². The number of nitrogens with zero attached hydrogens (tertiary/aromatic N) is 2. The Morgan fingerprint density at radius 1 is 1.32 bits per heavy atom. The molecule has 0 radical (unpaired) electrons. The van der Waals surface area contributed by atoms with Crippen molar-refractivity contribution in [2.75, 3.05) is 0 Å². The first-order chi connectivity index (χ1) is 8.86. The Kier molecular flexibility index (Phi) is 4.34. The zero-order valence-electron chi connectivity index (χ0n) is 12.9. The lowest BCUT2D eigenvalue weighted by Gasteiger charge is -2.38. The molecule has 1 aliphatic rings. The SMILES string of the molecule is Cn1cc(CC(N)C2CCC(C(C)(C)C)CC2)cn1. The number of hydrogen-bond donors (Lipinski definition) is 1. The molecular formula is C16H29N3. The van der Waals surface area contributed by atoms with Crippen molar-refractivity contribution in [1.82, 2.24) is 9.78 Å². The highest BCUT2D eigenvalue weighted by molar-refractivity contribution is 5.06. The van der Waals surface area contributed by atoms with Crippen LogP contribution in [0.2, 0.25) is 0 Å². The normalized spacial score (nSPS) is 26.4. The van der Waals surface area contributed by atoms with Crippen molar-refractivity contribution in [3.05, 3.63) is 18.0 Å². The summed E-state index contributed by atoms with van der Waals surface area (Å²) in [7, 11) is 1.96. The van der Waals surface area contributed by atoms with E-state index in [1.54, 1.807) is 0 Å². The van der Waals surface area contributed by atoms with Gasteiger partial charge in [0.25, 0.3) is 0 Å². The molecule has 19 heavy (non-hydrogen) atoms. The van der Waals surface area contributed by atoms with E-state index in [0.717, 1.165) is 12.3 Å². The van der Waals surface area contributed by atoms with Crippen molar-refractivity contribution < 1.29 is 0 Å². The molecule has 0 bridgehead atoms. The van der Waals surface area contributed by atoms with Crippen LogP contribution in [0.5, 0.6) is 0 Å². The fourth-order valence-electron chi connectivity index (χ4n) is 3.43. The third-order valence-corrected chi connectivity index (χ3v) is 4.83. The lowest BCUT2D eigenvalue weighted by molar-refractivity contribution is 0.139. The summed E-state index contributed by atoms with van der Waals surface area (Å²) < 4.78 is 1.86. The summed E-state index contributed by atoms with van der Waals surface area (Å²) in [6.45, 7) is 7.11. The first-order valence-corrected chi connectivity index (χ1v) is 7.59. The van der Waals surface area contributed by atoms with Gasteiger partial charge in [-0.3, -0.25) is 4.68 Å². The molecule has 2 rings (SSSR count). The first-order valence-electron chi connectivity index (χ1n) is 7.59. The molecule has 1 aliphatic carbocycles. The molecule has 1 unspecified atom stereocenters.